The minimum absolute atomic E-state index is 0.0490. The lowest BCUT2D eigenvalue weighted by Gasteiger charge is -2.30. The van der Waals surface area contributed by atoms with Crippen LogP contribution in [0.15, 0.2) is 33.6 Å². The molecule has 2 heterocycles. The van der Waals surface area contributed by atoms with Crippen molar-refractivity contribution in [3.05, 3.63) is 36.0 Å². The average Bonchev–Trinajstić information content (AvgIpc) is 3.23. The molecule has 1 aliphatic heterocycles. The molecule has 1 saturated carbocycles. The van der Waals surface area contributed by atoms with Crippen LogP contribution in [0.25, 0.3) is 0 Å². The fraction of sp³-hybridized carbons (Fsp3) is 0.550. The van der Waals surface area contributed by atoms with Gasteiger partial charge in [-0.25, -0.2) is 12.8 Å². The van der Waals surface area contributed by atoms with Gasteiger partial charge in [-0.3, -0.25) is 10.1 Å². The first-order valence-corrected chi connectivity index (χ1v) is 11.8. The van der Waals surface area contributed by atoms with Crippen molar-refractivity contribution in [1.29, 1.82) is 0 Å². The number of carbonyl (C=O) groups excluding carboxylic acids is 1. The molecule has 4 rings (SSSR count). The number of nitrogens with zero attached hydrogens (tertiary/aromatic N) is 3. The van der Waals surface area contributed by atoms with E-state index in [2.05, 4.69) is 15.5 Å². The maximum Gasteiger partial charge on any atom is 0.322 e. The summed E-state index contributed by atoms with van der Waals surface area (Å²) < 4.78 is 45.4. The van der Waals surface area contributed by atoms with Gasteiger partial charge in [0.1, 0.15) is 5.82 Å². The molecule has 0 atom stereocenters. The predicted molar refractivity (Wildman–Crippen MR) is 107 cm³/mol. The zero-order valence-corrected chi connectivity index (χ0v) is 17.4. The van der Waals surface area contributed by atoms with Crippen LogP contribution in [0.2, 0.25) is 0 Å². The van der Waals surface area contributed by atoms with Crippen LogP contribution < -0.4 is 5.32 Å². The van der Waals surface area contributed by atoms with E-state index in [1.54, 1.807) is 0 Å². The molecule has 0 radical (unpaired) electrons. The number of anilines is 1. The number of carbonyl (C=O) groups is 1. The largest absolute Gasteiger partial charge is 0.408 e. The number of benzene rings is 1. The van der Waals surface area contributed by atoms with Gasteiger partial charge in [0.2, 0.25) is 21.8 Å². The quantitative estimate of drug-likeness (QED) is 0.771. The first-order chi connectivity index (χ1) is 14.4. The van der Waals surface area contributed by atoms with Gasteiger partial charge in [0.05, 0.1) is 4.90 Å². The molecule has 1 amide bonds. The van der Waals surface area contributed by atoms with Crippen molar-refractivity contribution in [3.8, 4) is 0 Å². The molecule has 2 aliphatic rings. The van der Waals surface area contributed by atoms with Crippen molar-refractivity contribution in [2.75, 3.05) is 18.4 Å². The topological polar surface area (TPSA) is 105 Å². The fourth-order valence-corrected chi connectivity index (χ4v) is 5.59. The van der Waals surface area contributed by atoms with Crippen LogP contribution in [0.5, 0.6) is 0 Å². The maximum absolute atomic E-state index is 13.1. The second kappa shape index (κ2) is 8.81. The molecule has 1 saturated heterocycles. The molecule has 8 nitrogen and oxygen atoms in total. The van der Waals surface area contributed by atoms with Gasteiger partial charge < -0.3 is 4.42 Å². The van der Waals surface area contributed by atoms with Gasteiger partial charge in [-0.05, 0) is 49.9 Å². The van der Waals surface area contributed by atoms with Gasteiger partial charge in [0.25, 0.3) is 0 Å². The van der Waals surface area contributed by atoms with E-state index in [1.165, 1.54) is 22.9 Å². The first kappa shape index (κ1) is 20.9. The molecular formula is C20H25FN4O4S. The molecule has 10 heteroatoms. The van der Waals surface area contributed by atoms with Gasteiger partial charge in [-0.2, -0.15) is 4.31 Å². The fourth-order valence-electron chi connectivity index (χ4n) is 4.12. The van der Waals surface area contributed by atoms with E-state index in [0.717, 1.165) is 37.8 Å². The van der Waals surface area contributed by atoms with E-state index in [0.29, 0.717) is 18.7 Å². The summed E-state index contributed by atoms with van der Waals surface area (Å²) in [6.45, 7) is 0.434. The molecule has 1 N–H and O–H groups in total. The van der Waals surface area contributed by atoms with Crippen LogP contribution in [0.4, 0.5) is 10.4 Å². The summed E-state index contributed by atoms with van der Waals surface area (Å²) in [7, 11) is -3.70. The molecule has 1 aliphatic carbocycles. The highest BCUT2D eigenvalue weighted by Crippen LogP contribution is 2.32. The van der Waals surface area contributed by atoms with Gasteiger partial charge in [0, 0.05) is 24.9 Å². The SMILES string of the molecule is O=C(Nc1nnc(C2CCCCC2)o1)C1CCN(S(=O)(=O)c2ccc(F)cc2)CC1. The van der Waals surface area contributed by atoms with Gasteiger partial charge >= 0.3 is 6.01 Å². The molecular weight excluding hydrogens is 411 g/mol. The second-order valence-electron chi connectivity index (χ2n) is 7.90. The lowest BCUT2D eigenvalue weighted by atomic mass is 9.89. The molecule has 2 fully saturated rings. The molecule has 0 unspecified atom stereocenters. The van der Waals surface area contributed by atoms with Gasteiger partial charge in [0.15, 0.2) is 0 Å². The van der Waals surface area contributed by atoms with Crippen LogP contribution in [0.1, 0.15) is 56.8 Å². The minimum atomic E-state index is -3.70. The van der Waals surface area contributed by atoms with E-state index >= 15 is 0 Å². The Labute approximate surface area is 174 Å². The summed E-state index contributed by atoms with van der Waals surface area (Å²) in [6, 6.07) is 4.85. The summed E-state index contributed by atoms with van der Waals surface area (Å²) >= 11 is 0. The zero-order valence-electron chi connectivity index (χ0n) is 16.6. The van der Waals surface area contributed by atoms with Crippen LogP contribution in [0.3, 0.4) is 0 Å². The van der Waals surface area contributed by atoms with E-state index in [1.807, 2.05) is 0 Å². The lowest BCUT2D eigenvalue weighted by molar-refractivity contribution is -0.121. The monoisotopic (exact) mass is 436 g/mol. The van der Waals surface area contributed by atoms with Crippen molar-refractivity contribution in [2.24, 2.45) is 5.92 Å². The standard InChI is InChI=1S/C20H25FN4O4S/c21-16-6-8-17(9-7-16)30(27,28)25-12-10-14(11-13-25)18(26)22-20-24-23-19(29-20)15-4-2-1-3-5-15/h6-9,14-15H,1-5,10-13H2,(H,22,24,26). The molecule has 1 aromatic carbocycles. The summed E-state index contributed by atoms with van der Waals surface area (Å²) in [5.74, 6) is -0.235. The number of nitrogens with one attached hydrogen (secondary N) is 1. The number of halogens is 1. The average molecular weight is 437 g/mol. The Morgan fingerprint density at radius 3 is 2.37 bits per heavy atom. The summed E-state index contributed by atoms with van der Waals surface area (Å²) in [5, 5.41) is 10.7. The third kappa shape index (κ3) is 4.54. The number of hydrogen-bond donors (Lipinski definition) is 1. The number of piperidine rings is 1. The highest BCUT2D eigenvalue weighted by Gasteiger charge is 2.32. The molecule has 1 aromatic heterocycles. The molecule has 0 spiro atoms. The van der Waals surface area contributed by atoms with Gasteiger partial charge in [-0.1, -0.05) is 24.4 Å². The Kier molecular flexibility index (Phi) is 6.14. The molecule has 2 aromatic rings. The Bertz CT molecular complexity index is 978. The van der Waals surface area contributed by atoms with Crippen molar-refractivity contribution < 1.29 is 22.0 Å². The normalized spacial score (nSPS) is 19.6. The molecule has 30 heavy (non-hydrogen) atoms. The maximum atomic E-state index is 13.1. The van der Waals surface area contributed by atoms with Crippen LogP contribution >= 0.6 is 0 Å². The summed E-state index contributed by atoms with van der Waals surface area (Å²) in [5.41, 5.74) is 0. The Hall–Kier alpha value is -2.33. The van der Waals surface area contributed by atoms with Crippen molar-refractivity contribution in [2.45, 2.75) is 55.8 Å². The number of hydrogen-bond acceptors (Lipinski definition) is 6. The summed E-state index contributed by atoms with van der Waals surface area (Å²) in [4.78, 5) is 12.6. The first-order valence-electron chi connectivity index (χ1n) is 10.3. The number of amides is 1. The minimum Gasteiger partial charge on any atom is -0.408 e. The van der Waals surface area contributed by atoms with Crippen LogP contribution in [-0.2, 0) is 14.8 Å². The van der Waals surface area contributed by atoms with E-state index in [-0.39, 0.29) is 41.7 Å². The third-order valence-corrected chi connectivity index (χ3v) is 7.81. The second-order valence-corrected chi connectivity index (χ2v) is 9.84. The van der Waals surface area contributed by atoms with E-state index < -0.39 is 15.8 Å². The Balaban J connectivity index is 1.32. The molecule has 0 bridgehead atoms. The third-order valence-electron chi connectivity index (χ3n) is 5.90. The van der Waals surface area contributed by atoms with Crippen molar-refractivity contribution in [1.82, 2.24) is 14.5 Å². The predicted octanol–water partition coefficient (Wildman–Crippen LogP) is 3.30. The number of rotatable bonds is 5. The lowest BCUT2D eigenvalue weighted by Crippen LogP contribution is -2.41. The highest BCUT2D eigenvalue weighted by atomic mass is 32.2. The highest BCUT2D eigenvalue weighted by molar-refractivity contribution is 7.89. The van der Waals surface area contributed by atoms with Crippen LogP contribution in [0, 0.1) is 11.7 Å². The van der Waals surface area contributed by atoms with Crippen molar-refractivity contribution >= 4 is 21.9 Å². The molecule has 162 valence electrons. The van der Waals surface area contributed by atoms with Crippen molar-refractivity contribution in [3.63, 3.8) is 0 Å². The zero-order chi connectivity index (χ0) is 21.1. The van der Waals surface area contributed by atoms with E-state index in [4.69, 9.17) is 4.42 Å². The smallest absolute Gasteiger partial charge is 0.322 e. The van der Waals surface area contributed by atoms with E-state index in [9.17, 15) is 17.6 Å². The summed E-state index contributed by atoms with van der Waals surface area (Å²) in [6.07, 6.45) is 6.34. The number of aromatic nitrogens is 2. The Morgan fingerprint density at radius 1 is 1.03 bits per heavy atom. The Morgan fingerprint density at radius 2 is 1.70 bits per heavy atom. The van der Waals surface area contributed by atoms with Crippen LogP contribution in [-0.4, -0.2) is 41.9 Å². The van der Waals surface area contributed by atoms with Gasteiger partial charge in [-0.15, -0.1) is 5.10 Å². The number of sulfonamides is 1.